The lowest BCUT2D eigenvalue weighted by Crippen LogP contribution is -2.56. The number of anilines is 1. The molecule has 0 spiro atoms. The van der Waals surface area contributed by atoms with Crippen molar-refractivity contribution in [1.29, 1.82) is 0 Å². The maximum Gasteiger partial charge on any atom is 0.247 e. The molecule has 0 aromatic heterocycles. The Kier molecular flexibility index (Phi) is 4.42. The van der Waals surface area contributed by atoms with Crippen molar-refractivity contribution in [2.24, 2.45) is 23.2 Å². The molecule has 2 amide bonds. The third-order valence-electron chi connectivity index (χ3n) is 7.50. The maximum atomic E-state index is 13.6. The van der Waals surface area contributed by atoms with Crippen LogP contribution in [0.2, 0.25) is 5.02 Å². The van der Waals surface area contributed by atoms with Crippen molar-refractivity contribution in [1.82, 2.24) is 4.90 Å². The normalized spacial score (nSPS) is 36.0. The van der Waals surface area contributed by atoms with E-state index in [1.165, 1.54) is 37.5 Å². The number of carbonyl (C=O) groups excluding carboxylic acids is 2. The molecule has 1 aliphatic heterocycles. The zero-order valence-electron chi connectivity index (χ0n) is 15.9. The van der Waals surface area contributed by atoms with Crippen LogP contribution >= 0.6 is 11.6 Å². The Hall–Kier alpha value is -1.62. The van der Waals surface area contributed by atoms with Crippen molar-refractivity contribution in [3.8, 4) is 0 Å². The number of benzene rings is 1. The van der Waals surface area contributed by atoms with Crippen molar-refractivity contribution in [2.75, 3.05) is 11.9 Å². The molecule has 4 bridgehead atoms. The summed E-state index contributed by atoms with van der Waals surface area (Å²) in [4.78, 5) is 28.4. The number of hydrogen-bond acceptors (Lipinski definition) is 2. The summed E-state index contributed by atoms with van der Waals surface area (Å²) >= 11 is 6.05. The fourth-order valence-corrected chi connectivity index (χ4v) is 6.98. The molecule has 6 rings (SSSR count). The first-order valence-corrected chi connectivity index (χ1v) is 10.9. The zero-order chi connectivity index (χ0) is 19.5. The first-order chi connectivity index (χ1) is 13.4. The number of carbonyl (C=O) groups is 2. The molecule has 5 aliphatic rings. The van der Waals surface area contributed by atoms with Gasteiger partial charge in [-0.3, -0.25) is 9.59 Å². The number of amides is 2. The van der Waals surface area contributed by atoms with E-state index in [2.05, 4.69) is 5.32 Å². The van der Waals surface area contributed by atoms with Gasteiger partial charge < -0.3 is 10.2 Å². The molecule has 150 valence electrons. The summed E-state index contributed by atoms with van der Waals surface area (Å²) < 4.78 is 13.3. The molecule has 1 atom stereocenters. The Morgan fingerprint density at radius 2 is 1.75 bits per heavy atom. The number of likely N-dealkylation sites (tertiary alicyclic amines) is 1. The Balaban J connectivity index is 1.34. The van der Waals surface area contributed by atoms with Gasteiger partial charge in [-0.1, -0.05) is 11.6 Å². The highest BCUT2D eigenvalue weighted by molar-refractivity contribution is 6.33. The van der Waals surface area contributed by atoms with Crippen LogP contribution in [-0.2, 0) is 9.59 Å². The average Bonchev–Trinajstić information content (AvgIpc) is 3.12. The zero-order valence-corrected chi connectivity index (χ0v) is 16.7. The lowest BCUT2D eigenvalue weighted by Gasteiger charge is -2.56. The van der Waals surface area contributed by atoms with E-state index < -0.39 is 11.9 Å². The van der Waals surface area contributed by atoms with E-state index in [1.807, 2.05) is 4.90 Å². The van der Waals surface area contributed by atoms with Gasteiger partial charge in [-0.15, -0.1) is 0 Å². The molecule has 1 heterocycles. The maximum absolute atomic E-state index is 13.6. The van der Waals surface area contributed by atoms with Crippen LogP contribution in [0.4, 0.5) is 10.1 Å². The molecule has 0 unspecified atom stereocenters. The van der Waals surface area contributed by atoms with E-state index in [4.69, 9.17) is 11.6 Å². The van der Waals surface area contributed by atoms with Crippen LogP contribution in [0.25, 0.3) is 0 Å². The number of nitrogens with zero attached hydrogens (tertiary/aromatic N) is 1. The highest BCUT2D eigenvalue weighted by Gasteiger charge is 2.56. The summed E-state index contributed by atoms with van der Waals surface area (Å²) in [5.74, 6) is 1.63. The third-order valence-corrected chi connectivity index (χ3v) is 7.81. The molecule has 4 aliphatic carbocycles. The molecule has 4 nitrogen and oxygen atoms in total. The third kappa shape index (κ3) is 3.02. The molecule has 28 heavy (non-hydrogen) atoms. The van der Waals surface area contributed by atoms with Gasteiger partial charge in [0.15, 0.2) is 0 Å². The lowest BCUT2D eigenvalue weighted by atomic mass is 9.49. The van der Waals surface area contributed by atoms with Crippen LogP contribution in [0.5, 0.6) is 0 Å². The van der Waals surface area contributed by atoms with Crippen LogP contribution < -0.4 is 5.32 Å². The Labute approximate surface area is 169 Å². The van der Waals surface area contributed by atoms with Crippen LogP contribution in [-0.4, -0.2) is 29.3 Å². The molecule has 4 saturated carbocycles. The topological polar surface area (TPSA) is 49.4 Å². The van der Waals surface area contributed by atoms with Crippen molar-refractivity contribution < 1.29 is 14.0 Å². The van der Waals surface area contributed by atoms with E-state index in [0.29, 0.717) is 36.4 Å². The fraction of sp³-hybridized carbons (Fsp3) is 0.636. The highest BCUT2D eigenvalue weighted by atomic mass is 35.5. The van der Waals surface area contributed by atoms with Gasteiger partial charge in [0.1, 0.15) is 11.9 Å². The molecule has 5 fully saturated rings. The quantitative estimate of drug-likeness (QED) is 0.798. The summed E-state index contributed by atoms with van der Waals surface area (Å²) in [6, 6.07) is 3.47. The minimum atomic E-state index is -0.457. The van der Waals surface area contributed by atoms with E-state index in [9.17, 15) is 14.0 Å². The molecule has 1 aromatic rings. The summed E-state index contributed by atoms with van der Waals surface area (Å²) in [6.45, 7) is 0.649. The van der Waals surface area contributed by atoms with E-state index in [0.717, 1.165) is 25.7 Å². The van der Waals surface area contributed by atoms with Crippen LogP contribution in [0.15, 0.2) is 18.2 Å². The first-order valence-electron chi connectivity index (χ1n) is 10.5. The number of hydrogen-bond donors (Lipinski definition) is 1. The predicted molar refractivity (Wildman–Crippen MR) is 105 cm³/mol. The molecule has 0 radical (unpaired) electrons. The first kappa shape index (κ1) is 18.4. The van der Waals surface area contributed by atoms with Gasteiger partial charge in [0.2, 0.25) is 11.8 Å². The fourth-order valence-electron chi connectivity index (χ4n) is 6.77. The number of halogens is 2. The summed E-state index contributed by atoms with van der Waals surface area (Å²) in [5.41, 5.74) is 0.160. The average molecular weight is 405 g/mol. The van der Waals surface area contributed by atoms with E-state index in [-0.39, 0.29) is 22.3 Å². The van der Waals surface area contributed by atoms with Crippen LogP contribution in [0.1, 0.15) is 51.4 Å². The number of rotatable bonds is 3. The molecule has 1 aromatic carbocycles. The summed E-state index contributed by atoms with van der Waals surface area (Å²) in [7, 11) is 0. The minimum Gasteiger partial charge on any atom is -0.330 e. The smallest absolute Gasteiger partial charge is 0.247 e. The Bertz CT molecular complexity index is 791. The second-order valence-corrected chi connectivity index (χ2v) is 9.88. The van der Waals surface area contributed by atoms with Gasteiger partial charge in [0.05, 0.1) is 16.1 Å². The minimum absolute atomic E-state index is 0.172. The van der Waals surface area contributed by atoms with Crippen molar-refractivity contribution in [2.45, 2.75) is 57.4 Å². The van der Waals surface area contributed by atoms with Gasteiger partial charge in [-0.2, -0.15) is 0 Å². The lowest BCUT2D eigenvalue weighted by molar-refractivity contribution is -0.160. The second-order valence-electron chi connectivity index (χ2n) is 9.47. The molecular weight excluding hydrogens is 379 g/mol. The van der Waals surface area contributed by atoms with Gasteiger partial charge in [0.25, 0.3) is 0 Å². The number of nitrogens with one attached hydrogen (secondary N) is 1. The standard InChI is InChI=1S/C22H26ClFN2O2/c23-17-9-16(24)3-4-18(17)25-20(27)19-2-1-5-26(19)21(28)22-10-13-6-14(11-22)8-15(7-13)12-22/h3-4,9,13-15,19H,1-2,5-8,10-12H2,(H,25,27)/t13?,14?,15?,19-,22?/m0/s1. The summed E-state index contributed by atoms with van der Waals surface area (Å²) in [6.07, 6.45) is 8.40. The SMILES string of the molecule is O=C(Nc1ccc(F)cc1Cl)[C@@H]1CCCN1C(=O)C12CC3CC(CC(C3)C1)C2. The predicted octanol–water partition coefficient (Wildman–Crippen LogP) is 4.63. The Morgan fingerprint density at radius 3 is 2.36 bits per heavy atom. The Morgan fingerprint density at radius 1 is 1.11 bits per heavy atom. The molecular formula is C22H26ClFN2O2. The summed E-state index contributed by atoms with van der Waals surface area (Å²) in [5, 5.41) is 2.98. The van der Waals surface area contributed by atoms with Crippen LogP contribution in [0.3, 0.4) is 0 Å². The van der Waals surface area contributed by atoms with E-state index in [1.54, 1.807) is 0 Å². The van der Waals surface area contributed by atoms with E-state index >= 15 is 0 Å². The van der Waals surface area contributed by atoms with Gasteiger partial charge in [-0.05, 0) is 87.3 Å². The molecule has 1 saturated heterocycles. The van der Waals surface area contributed by atoms with Crippen molar-refractivity contribution >= 4 is 29.1 Å². The highest BCUT2D eigenvalue weighted by Crippen LogP contribution is 2.60. The molecule has 6 heteroatoms. The molecule has 1 N–H and O–H groups in total. The van der Waals surface area contributed by atoms with Crippen molar-refractivity contribution in [3.05, 3.63) is 29.0 Å². The monoisotopic (exact) mass is 404 g/mol. The van der Waals surface area contributed by atoms with Gasteiger partial charge in [-0.25, -0.2) is 4.39 Å². The van der Waals surface area contributed by atoms with Crippen molar-refractivity contribution in [3.63, 3.8) is 0 Å². The largest absolute Gasteiger partial charge is 0.330 e. The van der Waals surface area contributed by atoms with Gasteiger partial charge in [0, 0.05) is 6.54 Å². The second kappa shape index (κ2) is 6.72. The van der Waals surface area contributed by atoms with Crippen LogP contribution in [0, 0.1) is 29.0 Å². The van der Waals surface area contributed by atoms with Gasteiger partial charge >= 0.3 is 0 Å².